The Balaban J connectivity index is 1.91. The first-order chi connectivity index (χ1) is 9.76. The first kappa shape index (κ1) is 12.6. The molecule has 0 radical (unpaired) electrons. The van der Waals surface area contributed by atoms with Crippen molar-refractivity contribution < 1.29 is 4.39 Å². The molecule has 1 aromatic heterocycles. The zero-order valence-electron chi connectivity index (χ0n) is 11.2. The molecule has 0 saturated heterocycles. The van der Waals surface area contributed by atoms with Crippen LogP contribution in [0.2, 0.25) is 0 Å². The second-order valence-corrected chi connectivity index (χ2v) is 4.72. The Bertz CT molecular complexity index is 697. The molecule has 0 aliphatic carbocycles. The summed E-state index contributed by atoms with van der Waals surface area (Å²) in [6.07, 6.45) is 1.03. The van der Waals surface area contributed by atoms with Crippen LogP contribution in [-0.4, -0.2) is 10.2 Å². The maximum absolute atomic E-state index is 12.9. The van der Waals surface area contributed by atoms with E-state index < -0.39 is 0 Å². The maximum atomic E-state index is 12.9. The fourth-order valence-corrected chi connectivity index (χ4v) is 2.16. The van der Waals surface area contributed by atoms with Crippen molar-refractivity contribution in [3.8, 4) is 22.5 Å². The Labute approximate surface area is 117 Å². The van der Waals surface area contributed by atoms with Gasteiger partial charge in [-0.05, 0) is 47.9 Å². The highest BCUT2D eigenvalue weighted by Crippen LogP contribution is 2.24. The van der Waals surface area contributed by atoms with Crippen LogP contribution in [-0.2, 0) is 6.42 Å². The van der Waals surface area contributed by atoms with Crippen LogP contribution >= 0.6 is 0 Å². The molecule has 0 amide bonds. The third kappa shape index (κ3) is 2.48. The minimum atomic E-state index is -0.236. The van der Waals surface area contributed by atoms with Crippen LogP contribution in [0.3, 0.4) is 0 Å². The van der Waals surface area contributed by atoms with Gasteiger partial charge in [-0.25, -0.2) is 4.39 Å². The van der Waals surface area contributed by atoms with E-state index in [9.17, 15) is 4.39 Å². The van der Waals surface area contributed by atoms with Crippen LogP contribution in [0, 0.1) is 5.82 Å². The smallest absolute Gasteiger partial charge is 0.123 e. The van der Waals surface area contributed by atoms with Crippen LogP contribution in [0.4, 0.5) is 4.39 Å². The summed E-state index contributed by atoms with van der Waals surface area (Å²) < 4.78 is 12.9. The van der Waals surface area contributed by atoms with Gasteiger partial charge >= 0.3 is 0 Å². The van der Waals surface area contributed by atoms with Gasteiger partial charge in [0, 0.05) is 5.56 Å². The van der Waals surface area contributed by atoms with E-state index in [1.165, 1.54) is 17.7 Å². The van der Waals surface area contributed by atoms with Crippen molar-refractivity contribution >= 4 is 0 Å². The van der Waals surface area contributed by atoms with Crippen molar-refractivity contribution in [3.05, 3.63) is 66.0 Å². The fraction of sp³-hybridized carbons (Fsp3) is 0.118. The van der Waals surface area contributed by atoms with Gasteiger partial charge in [-0.3, -0.25) is 5.10 Å². The molecule has 1 heterocycles. The summed E-state index contributed by atoms with van der Waals surface area (Å²) in [5.41, 5.74) is 5.10. The number of nitrogens with one attached hydrogen (secondary N) is 1. The Hall–Kier alpha value is -2.42. The summed E-state index contributed by atoms with van der Waals surface area (Å²) in [6.45, 7) is 2.14. The number of benzene rings is 2. The first-order valence-corrected chi connectivity index (χ1v) is 6.67. The van der Waals surface area contributed by atoms with E-state index in [1.54, 1.807) is 12.1 Å². The molecule has 2 nitrogen and oxygen atoms in total. The number of H-pyrrole nitrogens is 1. The van der Waals surface area contributed by atoms with Crippen molar-refractivity contribution in [2.75, 3.05) is 0 Å². The molecule has 1 N–H and O–H groups in total. The molecule has 20 heavy (non-hydrogen) atoms. The van der Waals surface area contributed by atoms with Crippen molar-refractivity contribution in [2.24, 2.45) is 0 Å². The summed E-state index contributed by atoms with van der Waals surface area (Å²) in [6, 6.07) is 16.7. The number of aromatic amines is 1. The number of halogens is 1. The van der Waals surface area contributed by atoms with E-state index >= 15 is 0 Å². The van der Waals surface area contributed by atoms with Gasteiger partial charge in [0.2, 0.25) is 0 Å². The largest absolute Gasteiger partial charge is 0.277 e. The van der Waals surface area contributed by atoms with Crippen LogP contribution in [0.1, 0.15) is 12.5 Å². The minimum Gasteiger partial charge on any atom is -0.277 e. The maximum Gasteiger partial charge on any atom is 0.123 e. The summed E-state index contributed by atoms with van der Waals surface area (Å²) in [5, 5.41) is 7.32. The molecule has 0 fully saturated rings. The predicted octanol–water partition coefficient (Wildman–Crippen LogP) is 4.45. The Morgan fingerprint density at radius 2 is 1.60 bits per heavy atom. The zero-order valence-corrected chi connectivity index (χ0v) is 11.2. The molecule has 3 rings (SSSR count). The number of hydrogen-bond donors (Lipinski definition) is 1. The first-order valence-electron chi connectivity index (χ1n) is 6.67. The molecule has 0 spiro atoms. The molecule has 2 aromatic carbocycles. The topological polar surface area (TPSA) is 28.7 Å². The number of aryl methyl sites for hydroxylation is 1. The van der Waals surface area contributed by atoms with E-state index in [2.05, 4.69) is 41.4 Å². The molecular weight excluding hydrogens is 251 g/mol. The van der Waals surface area contributed by atoms with E-state index in [4.69, 9.17) is 0 Å². The highest BCUT2D eigenvalue weighted by molar-refractivity contribution is 5.68. The van der Waals surface area contributed by atoms with Gasteiger partial charge in [0.05, 0.1) is 11.4 Å². The second-order valence-electron chi connectivity index (χ2n) is 4.72. The minimum absolute atomic E-state index is 0.236. The van der Waals surface area contributed by atoms with E-state index in [1.807, 2.05) is 6.07 Å². The average molecular weight is 266 g/mol. The predicted molar refractivity (Wildman–Crippen MR) is 78.8 cm³/mol. The van der Waals surface area contributed by atoms with Crippen molar-refractivity contribution in [3.63, 3.8) is 0 Å². The monoisotopic (exact) mass is 266 g/mol. The van der Waals surface area contributed by atoms with Crippen molar-refractivity contribution in [2.45, 2.75) is 13.3 Å². The Morgan fingerprint density at radius 3 is 2.25 bits per heavy atom. The lowest BCUT2D eigenvalue weighted by molar-refractivity contribution is 0.628. The number of hydrogen-bond acceptors (Lipinski definition) is 1. The average Bonchev–Trinajstić information content (AvgIpc) is 2.98. The lowest BCUT2D eigenvalue weighted by atomic mass is 10.1. The molecule has 0 saturated carbocycles. The van der Waals surface area contributed by atoms with Gasteiger partial charge in [-0.15, -0.1) is 0 Å². The van der Waals surface area contributed by atoms with Gasteiger partial charge in [-0.2, -0.15) is 5.10 Å². The van der Waals surface area contributed by atoms with Crippen LogP contribution in [0.15, 0.2) is 54.6 Å². The third-order valence-electron chi connectivity index (χ3n) is 3.39. The van der Waals surface area contributed by atoms with Crippen molar-refractivity contribution in [1.82, 2.24) is 10.2 Å². The SMILES string of the molecule is CCc1ccc(-c2cc(-c3ccc(F)cc3)n[nH]2)cc1. The molecule has 0 bridgehead atoms. The third-order valence-corrected chi connectivity index (χ3v) is 3.39. The summed E-state index contributed by atoms with van der Waals surface area (Å²) in [5.74, 6) is -0.236. The van der Waals surface area contributed by atoms with Gasteiger partial charge in [0.25, 0.3) is 0 Å². The standard InChI is InChI=1S/C17H15FN2/c1-2-12-3-5-13(6-4-12)16-11-17(20-19-16)14-7-9-15(18)10-8-14/h3-11H,2H2,1H3,(H,19,20). The normalized spacial score (nSPS) is 10.7. The number of rotatable bonds is 3. The van der Waals surface area contributed by atoms with Crippen LogP contribution in [0.5, 0.6) is 0 Å². The lowest BCUT2D eigenvalue weighted by Gasteiger charge is -1.99. The fourth-order valence-electron chi connectivity index (χ4n) is 2.16. The molecule has 0 aliphatic heterocycles. The molecule has 3 aromatic rings. The lowest BCUT2D eigenvalue weighted by Crippen LogP contribution is -1.81. The summed E-state index contributed by atoms with van der Waals surface area (Å²) >= 11 is 0. The molecule has 0 atom stereocenters. The van der Waals surface area contributed by atoms with E-state index in [0.29, 0.717) is 0 Å². The highest BCUT2D eigenvalue weighted by atomic mass is 19.1. The van der Waals surface area contributed by atoms with Crippen LogP contribution < -0.4 is 0 Å². The number of nitrogens with zero attached hydrogens (tertiary/aromatic N) is 1. The molecule has 0 unspecified atom stereocenters. The van der Waals surface area contributed by atoms with Gasteiger partial charge in [0.1, 0.15) is 5.82 Å². The van der Waals surface area contributed by atoms with Crippen LogP contribution in [0.25, 0.3) is 22.5 Å². The number of aromatic nitrogens is 2. The van der Waals surface area contributed by atoms with E-state index in [-0.39, 0.29) is 5.82 Å². The molecule has 3 heteroatoms. The molecular formula is C17H15FN2. The van der Waals surface area contributed by atoms with Gasteiger partial charge < -0.3 is 0 Å². The summed E-state index contributed by atoms with van der Waals surface area (Å²) in [4.78, 5) is 0. The Kier molecular flexibility index (Phi) is 3.33. The highest BCUT2D eigenvalue weighted by Gasteiger charge is 2.06. The Morgan fingerprint density at radius 1 is 0.950 bits per heavy atom. The van der Waals surface area contributed by atoms with E-state index in [0.717, 1.165) is 28.9 Å². The zero-order chi connectivity index (χ0) is 13.9. The summed E-state index contributed by atoms with van der Waals surface area (Å²) in [7, 11) is 0. The van der Waals surface area contributed by atoms with Gasteiger partial charge in [0.15, 0.2) is 0 Å². The second kappa shape index (κ2) is 5.29. The molecule has 0 aliphatic rings. The van der Waals surface area contributed by atoms with Gasteiger partial charge in [-0.1, -0.05) is 31.2 Å². The quantitative estimate of drug-likeness (QED) is 0.745. The van der Waals surface area contributed by atoms with Crippen molar-refractivity contribution in [1.29, 1.82) is 0 Å². The molecule has 100 valence electrons.